The van der Waals surface area contributed by atoms with Gasteiger partial charge in [0.1, 0.15) is 0 Å². The van der Waals surface area contributed by atoms with E-state index in [2.05, 4.69) is 22.5 Å². The van der Waals surface area contributed by atoms with Gasteiger partial charge in [0, 0.05) is 23.7 Å². The van der Waals surface area contributed by atoms with Crippen LogP contribution in [0.1, 0.15) is 23.2 Å². The molecule has 0 amide bonds. The molecule has 0 aliphatic carbocycles. The third-order valence-corrected chi connectivity index (χ3v) is 5.32. The van der Waals surface area contributed by atoms with Gasteiger partial charge in [-0.2, -0.15) is 0 Å². The van der Waals surface area contributed by atoms with Crippen molar-refractivity contribution in [2.24, 2.45) is 11.8 Å². The standard InChI is InChI=1S/C19H20N2O/c1-2-13-12-21-10-8-14(13)11-18(21)19(22)16-7-9-20-17-6-4-3-5-15(16)17/h2-7,9,13-14,18H,1,8,10-12H2/t13-,14-,18-/m0/s1. The third kappa shape index (κ3) is 2.08. The van der Waals surface area contributed by atoms with Crippen LogP contribution in [-0.4, -0.2) is 34.8 Å². The van der Waals surface area contributed by atoms with Crippen molar-refractivity contribution in [1.29, 1.82) is 0 Å². The van der Waals surface area contributed by atoms with E-state index in [4.69, 9.17) is 0 Å². The van der Waals surface area contributed by atoms with Gasteiger partial charge in [-0.1, -0.05) is 24.3 Å². The quantitative estimate of drug-likeness (QED) is 0.643. The van der Waals surface area contributed by atoms with E-state index in [9.17, 15) is 4.79 Å². The summed E-state index contributed by atoms with van der Waals surface area (Å²) in [7, 11) is 0. The van der Waals surface area contributed by atoms with Gasteiger partial charge in [-0.3, -0.25) is 14.7 Å². The molecule has 0 radical (unpaired) electrons. The summed E-state index contributed by atoms with van der Waals surface area (Å²) in [4.78, 5) is 19.8. The van der Waals surface area contributed by atoms with E-state index in [1.807, 2.05) is 30.3 Å². The first-order chi connectivity index (χ1) is 10.8. The zero-order valence-corrected chi connectivity index (χ0v) is 12.6. The number of aromatic nitrogens is 1. The number of benzene rings is 1. The Balaban J connectivity index is 1.69. The van der Waals surface area contributed by atoms with Gasteiger partial charge in [-0.05, 0) is 43.4 Å². The number of hydrogen-bond acceptors (Lipinski definition) is 3. The van der Waals surface area contributed by atoms with Crippen LogP contribution in [0.4, 0.5) is 0 Å². The molecule has 1 unspecified atom stereocenters. The van der Waals surface area contributed by atoms with Crippen LogP contribution in [0.2, 0.25) is 0 Å². The number of pyridine rings is 1. The summed E-state index contributed by atoms with van der Waals surface area (Å²) in [5.74, 6) is 1.42. The molecule has 3 heteroatoms. The van der Waals surface area contributed by atoms with Crippen molar-refractivity contribution < 1.29 is 4.79 Å². The highest BCUT2D eigenvalue weighted by molar-refractivity contribution is 6.09. The lowest BCUT2D eigenvalue weighted by Gasteiger charge is -2.48. The monoisotopic (exact) mass is 292 g/mol. The summed E-state index contributed by atoms with van der Waals surface area (Å²) in [5, 5.41) is 0.970. The van der Waals surface area contributed by atoms with Crippen molar-refractivity contribution in [1.82, 2.24) is 9.88 Å². The van der Waals surface area contributed by atoms with Crippen molar-refractivity contribution in [3.63, 3.8) is 0 Å². The molecule has 3 saturated heterocycles. The predicted molar refractivity (Wildman–Crippen MR) is 87.8 cm³/mol. The molecular formula is C19H20N2O. The van der Waals surface area contributed by atoms with Crippen LogP contribution >= 0.6 is 0 Å². The molecule has 3 nitrogen and oxygen atoms in total. The highest BCUT2D eigenvalue weighted by Gasteiger charge is 2.42. The van der Waals surface area contributed by atoms with E-state index in [1.165, 1.54) is 6.42 Å². The Hall–Kier alpha value is -2.00. The molecule has 2 bridgehead atoms. The summed E-state index contributed by atoms with van der Waals surface area (Å²) < 4.78 is 0. The molecular weight excluding hydrogens is 272 g/mol. The molecule has 22 heavy (non-hydrogen) atoms. The fraction of sp³-hybridized carbons (Fsp3) is 0.368. The van der Waals surface area contributed by atoms with Gasteiger partial charge in [-0.25, -0.2) is 0 Å². The van der Waals surface area contributed by atoms with Gasteiger partial charge in [0.05, 0.1) is 11.6 Å². The van der Waals surface area contributed by atoms with Gasteiger partial charge >= 0.3 is 0 Å². The van der Waals surface area contributed by atoms with E-state index in [0.717, 1.165) is 36.0 Å². The van der Waals surface area contributed by atoms with Crippen molar-refractivity contribution >= 4 is 16.7 Å². The van der Waals surface area contributed by atoms with Crippen LogP contribution in [0.25, 0.3) is 10.9 Å². The Morgan fingerprint density at radius 1 is 1.32 bits per heavy atom. The molecule has 4 atom stereocenters. The summed E-state index contributed by atoms with van der Waals surface area (Å²) in [6, 6.07) is 9.80. The maximum Gasteiger partial charge on any atom is 0.180 e. The number of para-hydroxylation sites is 1. The maximum atomic E-state index is 13.1. The van der Waals surface area contributed by atoms with Gasteiger partial charge in [0.25, 0.3) is 0 Å². The molecule has 5 rings (SSSR count). The van der Waals surface area contributed by atoms with E-state index in [-0.39, 0.29) is 11.8 Å². The second kappa shape index (κ2) is 5.33. The Labute approximate surface area is 130 Å². The van der Waals surface area contributed by atoms with Crippen LogP contribution < -0.4 is 0 Å². The summed E-state index contributed by atoms with van der Waals surface area (Å²) in [6.45, 7) is 5.97. The lowest BCUT2D eigenvalue weighted by molar-refractivity contribution is 0.0205. The lowest BCUT2D eigenvalue weighted by atomic mass is 9.74. The van der Waals surface area contributed by atoms with Gasteiger partial charge in [0.15, 0.2) is 5.78 Å². The second-order valence-electron chi connectivity index (χ2n) is 6.43. The predicted octanol–water partition coefficient (Wildman–Crippen LogP) is 3.31. The largest absolute Gasteiger partial charge is 0.293 e. The minimum absolute atomic E-state index is 0.0285. The minimum atomic E-state index is 0.0285. The van der Waals surface area contributed by atoms with Crippen LogP contribution in [-0.2, 0) is 0 Å². The molecule has 2 aromatic rings. The molecule has 3 fully saturated rings. The van der Waals surface area contributed by atoms with E-state index in [0.29, 0.717) is 11.8 Å². The number of carbonyl (C=O) groups is 1. The zero-order chi connectivity index (χ0) is 15.1. The number of Topliss-reactive ketones (excluding diaryl/α,β-unsaturated/α-hetero) is 1. The lowest BCUT2D eigenvalue weighted by Crippen LogP contribution is -2.55. The number of piperidine rings is 3. The van der Waals surface area contributed by atoms with Crippen molar-refractivity contribution in [3.8, 4) is 0 Å². The highest BCUT2D eigenvalue weighted by Crippen LogP contribution is 2.38. The fourth-order valence-corrected chi connectivity index (χ4v) is 4.10. The van der Waals surface area contributed by atoms with Crippen LogP contribution in [0.15, 0.2) is 49.2 Å². The molecule has 112 valence electrons. The first kappa shape index (κ1) is 13.6. The second-order valence-corrected chi connectivity index (χ2v) is 6.43. The number of nitrogens with zero attached hydrogens (tertiary/aromatic N) is 2. The Morgan fingerprint density at radius 3 is 2.95 bits per heavy atom. The molecule has 0 N–H and O–H groups in total. The SMILES string of the molecule is C=C[C@H]1CN2CC[C@H]1C[C@H]2C(=O)c1ccnc2ccccc12. The first-order valence-electron chi connectivity index (χ1n) is 8.02. The summed E-state index contributed by atoms with van der Waals surface area (Å²) in [5.41, 5.74) is 1.71. The Kier molecular flexibility index (Phi) is 3.30. The number of ketones is 1. The number of hydrogen-bond donors (Lipinski definition) is 0. The first-order valence-corrected chi connectivity index (χ1v) is 8.02. The summed E-state index contributed by atoms with van der Waals surface area (Å²) >= 11 is 0. The van der Waals surface area contributed by atoms with Crippen LogP contribution in [0.5, 0.6) is 0 Å². The molecule has 1 aromatic heterocycles. The number of carbonyl (C=O) groups excluding carboxylic acids is 1. The average molecular weight is 292 g/mol. The fourth-order valence-electron chi connectivity index (χ4n) is 4.10. The highest BCUT2D eigenvalue weighted by atomic mass is 16.1. The van der Waals surface area contributed by atoms with Gasteiger partial charge in [-0.15, -0.1) is 6.58 Å². The van der Waals surface area contributed by atoms with Crippen molar-refractivity contribution in [2.75, 3.05) is 13.1 Å². The zero-order valence-electron chi connectivity index (χ0n) is 12.6. The third-order valence-electron chi connectivity index (χ3n) is 5.32. The van der Waals surface area contributed by atoms with Gasteiger partial charge < -0.3 is 0 Å². The molecule has 1 aromatic carbocycles. The minimum Gasteiger partial charge on any atom is -0.293 e. The Morgan fingerprint density at radius 2 is 2.18 bits per heavy atom. The van der Waals surface area contributed by atoms with Crippen molar-refractivity contribution in [2.45, 2.75) is 18.9 Å². The summed E-state index contributed by atoms with van der Waals surface area (Å²) in [6.07, 6.45) is 5.97. The molecule has 4 heterocycles. The van der Waals surface area contributed by atoms with Crippen LogP contribution in [0, 0.1) is 11.8 Å². The molecule has 3 aliphatic rings. The number of fused-ring (bicyclic) bond motifs is 4. The Bertz CT molecular complexity index is 734. The smallest absolute Gasteiger partial charge is 0.180 e. The molecule has 0 spiro atoms. The number of rotatable bonds is 3. The van der Waals surface area contributed by atoms with Gasteiger partial charge in [0.2, 0.25) is 0 Å². The van der Waals surface area contributed by atoms with E-state index in [1.54, 1.807) is 6.20 Å². The topological polar surface area (TPSA) is 33.2 Å². The van der Waals surface area contributed by atoms with Crippen molar-refractivity contribution in [3.05, 3.63) is 54.7 Å². The molecule has 0 saturated carbocycles. The van der Waals surface area contributed by atoms with E-state index < -0.39 is 0 Å². The normalized spacial score (nSPS) is 30.4. The van der Waals surface area contributed by atoms with E-state index >= 15 is 0 Å². The van der Waals surface area contributed by atoms with Crippen LogP contribution in [0.3, 0.4) is 0 Å². The average Bonchev–Trinajstić information content (AvgIpc) is 2.60. The molecule has 3 aliphatic heterocycles. The maximum absolute atomic E-state index is 13.1.